The number of carbonyl (C=O) groups excluding carboxylic acids is 2. The van der Waals surface area contributed by atoms with Crippen molar-refractivity contribution in [3.63, 3.8) is 0 Å². The number of thioether (sulfide) groups is 1. The molecule has 2 aliphatic rings. The number of carboxylic acids is 1. The van der Waals surface area contributed by atoms with Crippen LogP contribution in [0.5, 0.6) is 0 Å². The molecule has 3 rings (SSSR count). The molecule has 2 aliphatic heterocycles. The van der Waals surface area contributed by atoms with E-state index in [-0.39, 0.29) is 0 Å². The zero-order valence-electron chi connectivity index (χ0n) is 11.0. The molecule has 3 heterocycles. The summed E-state index contributed by atoms with van der Waals surface area (Å²) < 4.78 is 6.19. The minimum absolute atomic E-state index is 0.361. The number of rotatable bonds is 5. The summed E-state index contributed by atoms with van der Waals surface area (Å²) in [6.07, 6.45) is 2.27. The van der Waals surface area contributed by atoms with Crippen molar-refractivity contribution >= 4 is 40.1 Å². The van der Waals surface area contributed by atoms with Crippen molar-refractivity contribution in [1.29, 1.82) is 0 Å². The lowest BCUT2D eigenvalue weighted by atomic mass is 9.82. The lowest BCUT2D eigenvalue weighted by Gasteiger charge is -2.24. The van der Waals surface area contributed by atoms with Gasteiger partial charge in [0.05, 0.1) is 18.1 Å². The molecule has 1 saturated heterocycles. The molecule has 0 saturated carbocycles. The molecule has 4 atom stereocenters. The Labute approximate surface area is 128 Å². The van der Waals surface area contributed by atoms with Crippen LogP contribution in [-0.2, 0) is 14.3 Å². The summed E-state index contributed by atoms with van der Waals surface area (Å²) >= 11 is 2.79. The third-order valence-corrected chi connectivity index (χ3v) is 5.23. The number of anilines is 1. The molecule has 2 bridgehead atoms. The van der Waals surface area contributed by atoms with Crippen molar-refractivity contribution in [3.05, 3.63) is 12.2 Å². The third-order valence-electron chi connectivity index (χ3n) is 3.38. The number of carboxylic acid groups (broad SMARTS) is 1. The normalized spacial score (nSPS) is 29.8. The van der Waals surface area contributed by atoms with Gasteiger partial charge in [0.15, 0.2) is 4.34 Å². The molecule has 7 nitrogen and oxygen atoms in total. The summed E-state index contributed by atoms with van der Waals surface area (Å²) in [5, 5.41) is 22.0. The minimum atomic E-state index is -1.27. The van der Waals surface area contributed by atoms with E-state index in [2.05, 4.69) is 15.5 Å². The lowest BCUT2D eigenvalue weighted by molar-refractivity contribution is -0.313. The number of carbonyl (C=O) groups is 2. The van der Waals surface area contributed by atoms with Crippen molar-refractivity contribution in [2.75, 3.05) is 11.1 Å². The van der Waals surface area contributed by atoms with Crippen LogP contribution >= 0.6 is 23.1 Å². The van der Waals surface area contributed by atoms with E-state index in [1.165, 1.54) is 23.1 Å². The van der Waals surface area contributed by atoms with E-state index in [1.54, 1.807) is 12.2 Å². The Morgan fingerprint density at radius 3 is 2.76 bits per heavy atom. The van der Waals surface area contributed by atoms with Crippen LogP contribution < -0.4 is 10.4 Å². The SMILES string of the molecule is CCSc1nnc(NC(=O)[C@H]2[C@@H](C(=O)[O-])[C@@H]3C=C[C@H]2O3)s1. The van der Waals surface area contributed by atoms with Crippen molar-refractivity contribution in [1.82, 2.24) is 10.2 Å². The molecule has 9 heteroatoms. The number of hydrogen-bond donors (Lipinski definition) is 1. The van der Waals surface area contributed by atoms with Crippen LogP contribution in [0.25, 0.3) is 0 Å². The largest absolute Gasteiger partial charge is 0.550 e. The Hall–Kier alpha value is -1.45. The molecule has 0 unspecified atom stereocenters. The summed E-state index contributed by atoms with van der Waals surface area (Å²) in [5.41, 5.74) is 0. The highest BCUT2D eigenvalue weighted by Crippen LogP contribution is 2.39. The summed E-state index contributed by atoms with van der Waals surface area (Å²) in [4.78, 5) is 23.5. The summed E-state index contributed by atoms with van der Waals surface area (Å²) in [5.74, 6) is -2.59. The second kappa shape index (κ2) is 5.74. The number of ether oxygens (including phenoxy) is 1. The van der Waals surface area contributed by atoms with Crippen LogP contribution in [0.3, 0.4) is 0 Å². The van der Waals surface area contributed by atoms with Gasteiger partial charge in [0.1, 0.15) is 0 Å². The second-order valence-corrected chi connectivity index (χ2v) is 7.10. The van der Waals surface area contributed by atoms with Gasteiger partial charge in [-0.1, -0.05) is 42.2 Å². The molecule has 1 fully saturated rings. The van der Waals surface area contributed by atoms with Crippen LogP contribution in [0, 0.1) is 11.8 Å². The molecular formula is C12H12N3O4S2-. The second-order valence-electron chi connectivity index (χ2n) is 4.62. The molecule has 0 aromatic carbocycles. The molecule has 1 aromatic rings. The van der Waals surface area contributed by atoms with Crippen molar-refractivity contribution in [2.45, 2.75) is 23.5 Å². The van der Waals surface area contributed by atoms with Crippen LogP contribution in [0.1, 0.15) is 6.92 Å². The number of nitrogens with one attached hydrogen (secondary N) is 1. The van der Waals surface area contributed by atoms with E-state index in [1.807, 2.05) is 6.92 Å². The van der Waals surface area contributed by atoms with Gasteiger partial charge in [0, 0.05) is 11.9 Å². The monoisotopic (exact) mass is 326 g/mol. The summed E-state index contributed by atoms with van der Waals surface area (Å²) in [6, 6.07) is 0. The van der Waals surface area contributed by atoms with Crippen LogP contribution in [0.2, 0.25) is 0 Å². The van der Waals surface area contributed by atoms with E-state index in [9.17, 15) is 14.7 Å². The quantitative estimate of drug-likeness (QED) is 0.458. The average molecular weight is 326 g/mol. The topological polar surface area (TPSA) is 104 Å². The van der Waals surface area contributed by atoms with Crippen LogP contribution in [0.15, 0.2) is 16.5 Å². The Kier molecular flexibility index (Phi) is 3.96. The van der Waals surface area contributed by atoms with Crippen LogP contribution in [0.4, 0.5) is 5.13 Å². The summed E-state index contributed by atoms with van der Waals surface area (Å²) in [6.45, 7) is 1.99. The molecule has 112 valence electrons. The van der Waals surface area contributed by atoms with E-state index < -0.39 is 35.9 Å². The van der Waals surface area contributed by atoms with Gasteiger partial charge in [-0.05, 0) is 5.75 Å². The van der Waals surface area contributed by atoms with Gasteiger partial charge in [-0.25, -0.2) is 0 Å². The van der Waals surface area contributed by atoms with Gasteiger partial charge < -0.3 is 20.0 Å². The zero-order valence-corrected chi connectivity index (χ0v) is 12.6. The predicted octanol–water partition coefficient (Wildman–Crippen LogP) is -0.0919. The Bertz CT molecular complexity index is 603. The van der Waals surface area contributed by atoms with Gasteiger partial charge in [-0.2, -0.15) is 0 Å². The smallest absolute Gasteiger partial charge is 0.233 e. The van der Waals surface area contributed by atoms with Crippen molar-refractivity contribution in [3.8, 4) is 0 Å². The van der Waals surface area contributed by atoms with E-state index in [0.29, 0.717) is 5.13 Å². The number of nitrogens with zero attached hydrogens (tertiary/aromatic N) is 2. The zero-order chi connectivity index (χ0) is 15.0. The Morgan fingerprint density at radius 2 is 2.10 bits per heavy atom. The molecule has 0 spiro atoms. The Balaban J connectivity index is 1.72. The first-order valence-corrected chi connectivity index (χ1v) is 8.22. The van der Waals surface area contributed by atoms with Crippen molar-refractivity contribution in [2.24, 2.45) is 11.8 Å². The molecule has 21 heavy (non-hydrogen) atoms. The maximum atomic E-state index is 12.3. The highest BCUT2D eigenvalue weighted by molar-refractivity contribution is 8.01. The number of hydrogen-bond acceptors (Lipinski definition) is 8. The molecule has 1 aromatic heterocycles. The number of fused-ring (bicyclic) bond motifs is 2. The molecular weight excluding hydrogens is 314 g/mol. The average Bonchev–Trinajstić information content (AvgIpc) is 3.13. The van der Waals surface area contributed by atoms with Gasteiger partial charge in [0.2, 0.25) is 11.0 Å². The van der Waals surface area contributed by atoms with Crippen molar-refractivity contribution < 1.29 is 19.4 Å². The maximum Gasteiger partial charge on any atom is 0.233 e. The highest BCUT2D eigenvalue weighted by Gasteiger charge is 2.50. The number of amides is 1. The van der Waals surface area contributed by atoms with E-state index in [4.69, 9.17) is 4.74 Å². The molecule has 0 aliphatic carbocycles. The van der Waals surface area contributed by atoms with Gasteiger partial charge in [-0.3, -0.25) is 4.79 Å². The standard InChI is InChI=1S/C12H13N3O4S2/c1-2-20-12-15-14-11(21-12)13-9(16)7-5-3-4-6(19-5)8(7)10(17)18/h3-8H,2H2,1H3,(H,17,18)(H,13,14,16)/p-1/t5-,6+,7-,8+/m1/s1. The molecule has 1 amide bonds. The van der Waals surface area contributed by atoms with Gasteiger partial charge >= 0.3 is 0 Å². The summed E-state index contributed by atoms with van der Waals surface area (Å²) in [7, 11) is 0. The lowest BCUT2D eigenvalue weighted by Crippen LogP contribution is -2.45. The van der Waals surface area contributed by atoms with E-state index >= 15 is 0 Å². The van der Waals surface area contributed by atoms with Gasteiger partial charge in [0.25, 0.3) is 0 Å². The Morgan fingerprint density at radius 1 is 1.38 bits per heavy atom. The number of aromatic nitrogens is 2. The van der Waals surface area contributed by atoms with Crippen LogP contribution in [-0.4, -0.2) is 40.0 Å². The fraction of sp³-hybridized carbons (Fsp3) is 0.500. The van der Waals surface area contributed by atoms with Gasteiger partial charge in [-0.15, -0.1) is 10.2 Å². The first kappa shape index (κ1) is 14.5. The fourth-order valence-electron chi connectivity index (χ4n) is 2.53. The maximum absolute atomic E-state index is 12.3. The third kappa shape index (κ3) is 2.68. The van der Waals surface area contributed by atoms with E-state index in [0.717, 1.165) is 10.1 Å². The molecule has 1 N–H and O–H groups in total. The first-order chi connectivity index (χ1) is 10.1. The predicted molar refractivity (Wildman–Crippen MR) is 74.7 cm³/mol. The fourth-order valence-corrected chi connectivity index (χ4v) is 4.18. The minimum Gasteiger partial charge on any atom is -0.550 e. The molecule has 0 radical (unpaired) electrons. The highest BCUT2D eigenvalue weighted by atomic mass is 32.2. The first-order valence-electron chi connectivity index (χ1n) is 6.42. The number of aliphatic carboxylic acids is 1.